The molecule has 1 heteroatoms. The fourth-order valence-electron chi connectivity index (χ4n) is 2.10. The summed E-state index contributed by atoms with van der Waals surface area (Å²) >= 11 is 0. The molecule has 0 aliphatic rings. The molecule has 1 aromatic rings. The third-order valence-corrected chi connectivity index (χ3v) is 2.86. The molecule has 0 aliphatic heterocycles. The molecule has 1 aromatic carbocycles. The molecule has 0 aliphatic carbocycles. The molecule has 0 fully saturated rings. The maximum absolute atomic E-state index is 7.00. The Labute approximate surface area is 107 Å². The summed E-state index contributed by atoms with van der Waals surface area (Å²) in [5.74, 6) is 1.40. The van der Waals surface area contributed by atoms with E-state index in [1.54, 1.807) is 0 Å². The van der Waals surface area contributed by atoms with Gasteiger partial charge in [-0.1, -0.05) is 65.0 Å². The van der Waals surface area contributed by atoms with Crippen molar-refractivity contribution in [3.05, 3.63) is 35.9 Å². The van der Waals surface area contributed by atoms with E-state index in [4.69, 9.17) is 5.11 Å². The molecule has 98 valence electrons. The normalized spacial score (nSPS) is 12.9. The van der Waals surface area contributed by atoms with Gasteiger partial charge in [0.2, 0.25) is 0 Å². The lowest BCUT2D eigenvalue weighted by Gasteiger charge is -2.29. The average molecular weight is 236 g/mol. The third kappa shape index (κ3) is 6.48. The Balaban J connectivity index is 0.00000121. The summed E-state index contributed by atoms with van der Waals surface area (Å²) in [4.78, 5) is 0. The number of hydrogen-bond donors (Lipinski definition) is 1. The fourth-order valence-corrected chi connectivity index (χ4v) is 2.10. The van der Waals surface area contributed by atoms with Crippen molar-refractivity contribution in [3.8, 4) is 0 Å². The summed E-state index contributed by atoms with van der Waals surface area (Å²) < 4.78 is 0. The SMILES string of the molecule is CC(C)C(CC(C)(C)C)c1ccccc1.CO. The van der Waals surface area contributed by atoms with Crippen LogP contribution in [-0.4, -0.2) is 12.2 Å². The summed E-state index contributed by atoms with van der Waals surface area (Å²) in [5, 5.41) is 7.00. The van der Waals surface area contributed by atoms with Crippen molar-refractivity contribution < 1.29 is 5.11 Å². The predicted octanol–water partition coefficient (Wildman–Crippen LogP) is 4.47. The van der Waals surface area contributed by atoms with E-state index >= 15 is 0 Å². The maximum Gasteiger partial charge on any atom is 0.0319 e. The Morgan fingerprint density at radius 2 is 1.47 bits per heavy atom. The monoisotopic (exact) mass is 236 g/mol. The van der Waals surface area contributed by atoms with E-state index in [-0.39, 0.29) is 0 Å². The van der Waals surface area contributed by atoms with Crippen LogP contribution in [0.4, 0.5) is 0 Å². The van der Waals surface area contributed by atoms with E-state index < -0.39 is 0 Å². The van der Waals surface area contributed by atoms with Gasteiger partial charge in [-0.2, -0.15) is 0 Å². The fraction of sp³-hybridized carbons (Fsp3) is 0.625. The Morgan fingerprint density at radius 3 is 1.82 bits per heavy atom. The largest absolute Gasteiger partial charge is 0.400 e. The van der Waals surface area contributed by atoms with Gasteiger partial charge in [0, 0.05) is 7.11 Å². The first-order valence-corrected chi connectivity index (χ1v) is 6.40. The van der Waals surface area contributed by atoms with Gasteiger partial charge >= 0.3 is 0 Å². The van der Waals surface area contributed by atoms with Crippen LogP contribution in [0.15, 0.2) is 30.3 Å². The van der Waals surface area contributed by atoms with E-state index in [0.29, 0.717) is 17.3 Å². The summed E-state index contributed by atoms with van der Waals surface area (Å²) in [6.45, 7) is 11.6. The standard InChI is InChI=1S/C15H24.CH4O/c1-12(2)14(11-15(3,4)5)13-9-7-6-8-10-13;1-2/h6-10,12,14H,11H2,1-5H3;2H,1H3. The smallest absolute Gasteiger partial charge is 0.0319 e. The summed E-state index contributed by atoms with van der Waals surface area (Å²) in [7, 11) is 1.00. The van der Waals surface area contributed by atoms with Crippen LogP contribution in [0.3, 0.4) is 0 Å². The van der Waals surface area contributed by atoms with Crippen molar-refractivity contribution in [1.82, 2.24) is 0 Å². The van der Waals surface area contributed by atoms with Gasteiger partial charge in [0.15, 0.2) is 0 Å². The van der Waals surface area contributed by atoms with Crippen molar-refractivity contribution in [2.75, 3.05) is 7.11 Å². The summed E-state index contributed by atoms with van der Waals surface area (Å²) in [6.07, 6.45) is 1.26. The van der Waals surface area contributed by atoms with E-state index in [9.17, 15) is 0 Å². The number of rotatable bonds is 3. The molecule has 1 unspecified atom stereocenters. The van der Waals surface area contributed by atoms with Gasteiger partial charge in [0.1, 0.15) is 0 Å². The van der Waals surface area contributed by atoms with Crippen molar-refractivity contribution in [3.63, 3.8) is 0 Å². The van der Waals surface area contributed by atoms with E-state index in [1.165, 1.54) is 12.0 Å². The van der Waals surface area contributed by atoms with E-state index in [0.717, 1.165) is 7.11 Å². The minimum atomic E-state index is 0.408. The van der Waals surface area contributed by atoms with Gasteiger partial charge in [-0.05, 0) is 29.2 Å². The molecule has 1 atom stereocenters. The first-order chi connectivity index (χ1) is 7.90. The van der Waals surface area contributed by atoms with Crippen LogP contribution in [0.5, 0.6) is 0 Å². The Morgan fingerprint density at radius 1 is 1.00 bits per heavy atom. The Kier molecular flexibility index (Phi) is 7.13. The van der Waals surface area contributed by atoms with Crippen molar-refractivity contribution in [1.29, 1.82) is 0 Å². The molecule has 0 saturated carbocycles. The molecule has 0 aromatic heterocycles. The first-order valence-electron chi connectivity index (χ1n) is 6.40. The van der Waals surface area contributed by atoms with Gasteiger partial charge in [-0.15, -0.1) is 0 Å². The number of benzene rings is 1. The minimum absolute atomic E-state index is 0.408. The van der Waals surface area contributed by atoms with Crippen molar-refractivity contribution >= 4 is 0 Å². The molecule has 1 N–H and O–H groups in total. The highest BCUT2D eigenvalue weighted by molar-refractivity contribution is 5.20. The average Bonchev–Trinajstić information content (AvgIpc) is 2.28. The molecule has 0 spiro atoms. The molecular formula is C16H28O. The highest BCUT2D eigenvalue weighted by atomic mass is 16.2. The van der Waals surface area contributed by atoms with Gasteiger partial charge in [0.25, 0.3) is 0 Å². The molecule has 0 bridgehead atoms. The lowest BCUT2D eigenvalue weighted by Crippen LogP contribution is -2.16. The summed E-state index contributed by atoms with van der Waals surface area (Å²) in [5.41, 5.74) is 1.90. The van der Waals surface area contributed by atoms with Crippen LogP contribution in [0, 0.1) is 11.3 Å². The lowest BCUT2D eigenvalue weighted by molar-refractivity contribution is 0.301. The molecule has 1 nitrogen and oxygen atoms in total. The van der Waals surface area contributed by atoms with Crippen LogP contribution in [-0.2, 0) is 0 Å². The molecule has 0 heterocycles. The van der Waals surface area contributed by atoms with Gasteiger partial charge in [-0.25, -0.2) is 0 Å². The second-order valence-electron chi connectivity index (χ2n) is 6.03. The van der Waals surface area contributed by atoms with Gasteiger partial charge in [0.05, 0.1) is 0 Å². The second kappa shape index (κ2) is 7.50. The maximum atomic E-state index is 7.00. The first kappa shape index (κ1) is 16.2. The van der Waals surface area contributed by atoms with Gasteiger partial charge in [-0.3, -0.25) is 0 Å². The van der Waals surface area contributed by atoms with Crippen LogP contribution in [0.2, 0.25) is 0 Å². The van der Waals surface area contributed by atoms with E-state index in [2.05, 4.69) is 65.0 Å². The Hall–Kier alpha value is -0.820. The van der Waals surface area contributed by atoms with E-state index in [1.807, 2.05) is 0 Å². The lowest BCUT2D eigenvalue weighted by atomic mass is 9.76. The van der Waals surface area contributed by atoms with Crippen LogP contribution >= 0.6 is 0 Å². The molecule has 17 heavy (non-hydrogen) atoms. The molecular weight excluding hydrogens is 208 g/mol. The highest BCUT2D eigenvalue weighted by Crippen LogP contribution is 2.35. The molecule has 0 amide bonds. The quantitative estimate of drug-likeness (QED) is 0.821. The zero-order chi connectivity index (χ0) is 13.5. The molecule has 0 radical (unpaired) electrons. The predicted molar refractivity (Wildman–Crippen MR) is 76.2 cm³/mol. The van der Waals surface area contributed by atoms with Crippen molar-refractivity contribution in [2.45, 2.75) is 47.0 Å². The zero-order valence-electron chi connectivity index (χ0n) is 12.2. The van der Waals surface area contributed by atoms with Crippen LogP contribution in [0.25, 0.3) is 0 Å². The Bertz CT molecular complexity index is 282. The van der Waals surface area contributed by atoms with Crippen LogP contribution in [0.1, 0.15) is 52.5 Å². The second-order valence-corrected chi connectivity index (χ2v) is 6.03. The number of aliphatic hydroxyl groups is 1. The van der Waals surface area contributed by atoms with Crippen molar-refractivity contribution in [2.24, 2.45) is 11.3 Å². The topological polar surface area (TPSA) is 20.2 Å². The highest BCUT2D eigenvalue weighted by Gasteiger charge is 2.22. The van der Waals surface area contributed by atoms with Gasteiger partial charge < -0.3 is 5.11 Å². The summed E-state index contributed by atoms with van der Waals surface area (Å²) in [6, 6.07) is 10.9. The minimum Gasteiger partial charge on any atom is -0.400 e. The third-order valence-electron chi connectivity index (χ3n) is 2.86. The van der Waals surface area contributed by atoms with Crippen LogP contribution < -0.4 is 0 Å². The molecule has 1 rings (SSSR count). The molecule has 0 saturated heterocycles. The number of hydrogen-bond acceptors (Lipinski definition) is 1. The number of aliphatic hydroxyl groups excluding tert-OH is 1. The zero-order valence-corrected chi connectivity index (χ0v) is 12.2.